The molecule has 598 valence electrons. The number of hydrogen-bond acceptors (Lipinski definition) is 22. The lowest BCUT2D eigenvalue weighted by molar-refractivity contribution is -0.137. The van der Waals surface area contributed by atoms with E-state index in [0.29, 0.717) is 80.5 Å². The second kappa shape index (κ2) is 50.6. The zero-order chi connectivity index (χ0) is 81.5. The lowest BCUT2D eigenvalue weighted by Gasteiger charge is -2.36. The van der Waals surface area contributed by atoms with E-state index < -0.39 is 48.1 Å². The summed E-state index contributed by atoms with van der Waals surface area (Å²) in [6.45, 7) is 31.0. The van der Waals surface area contributed by atoms with E-state index >= 15 is 0 Å². The number of carbonyl (C=O) groups is 7. The molecule has 1 amide bonds. The molecule has 0 radical (unpaired) electrons. The largest absolute Gasteiger partial charge is 0.509 e. The van der Waals surface area contributed by atoms with Crippen molar-refractivity contribution < 1.29 is 90.2 Å². The Kier molecular flexibility index (Phi) is 42.5. The lowest BCUT2D eigenvalue weighted by atomic mass is 10.0. The maximum Gasteiger partial charge on any atom is 0.509 e. The SMILES string of the molecule is CC(=O)CO[Si](C)(C)C(C)(C)C.CC(C(=O)COC(=O)OCc1ccccc1)c1ncccc1OCc1ccccc1.CC(C)(C)[Si](C)(C)OCC(=O)N1CCOCC1.CCOC.O=C(CO)Cc1ncccc1OCc1ccccc1.O=C(COC(=O)OCc1ccccc1)Cc1ncccc1OCc1ccccc1. The summed E-state index contributed by atoms with van der Waals surface area (Å²) < 4.78 is 58.5. The maximum absolute atomic E-state index is 12.5. The maximum atomic E-state index is 12.5. The highest BCUT2D eigenvalue weighted by atomic mass is 28.4. The second-order valence-corrected chi connectivity index (χ2v) is 38.0. The third-order valence-corrected chi connectivity index (χ3v) is 26.5. The first-order valence-electron chi connectivity index (χ1n) is 36.7. The Bertz CT molecular complexity index is 4010. The molecule has 111 heavy (non-hydrogen) atoms. The zero-order valence-electron chi connectivity index (χ0n) is 66.8. The number of aromatic nitrogens is 3. The summed E-state index contributed by atoms with van der Waals surface area (Å²) >= 11 is 0. The monoisotopic (exact) mass is 1560 g/mol. The van der Waals surface area contributed by atoms with Crippen molar-refractivity contribution in [1.82, 2.24) is 19.9 Å². The summed E-state index contributed by atoms with van der Waals surface area (Å²) in [5, 5.41) is 9.12. The van der Waals surface area contributed by atoms with Gasteiger partial charge in [0.05, 0.1) is 55.7 Å². The van der Waals surface area contributed by atoms with Gasteiger partial charge in [0.2, 0.25) is 5.91 Å². The Hall–Kier alpha value is -10.1. The normalized spacial score (nSPS) is 12.0. The number of ketones is 4. The van der Waals surface area contributed by atoms with Crippen LogP contribution in [0.25, 0.3) is 0 Å². The molecule has 0 bridgehead atoms. The van der Waals surface area contributed by atoms with Crippen molar-refractivity contribution in [3.8, 4) is 17.2 Å². The molecule has 25 heteroatoms. The minimum absolute atomic E-state index is 0.00305. The van der Waals surface area contributed by atoms with Gasteiger partial charge in [-0.1, -0.05) is 193 Å². The van der Waals surface area contributed by atoms with Crippen LogP contribution in [-0.2, 0) is 107 Å². The number of Topliss-reactive ketones (excluding diaryl/α,β-unsaturated/α-hetero) is 4. The standard InChI is InChI=1S/C24H23NO5.C23H21NO5.C15H15NO3.C12H25NO3Si.C9H20O2Si.C3H8O/c1-18(21(26)17-30-24(27)29-16-20-11-6-3-7-12-20)23-22(13-8-14-25-23)28-15-19-9-4-2-5-10-19;25-20(17-29-23(26)28-16-19-10-5-2-6-11-19)14-21-22(12-7-13-24-21)27-15-18-8-3-1-4-9-18;17-10-13(18)9-14-15(7-4-8-16-14)19-11-12-5-2-1-3-6-12;1-12(2,3)17(4,5)16-10-11(14)13-6-8-15-9-7-13;1-8(10)7-11-12(5,6)9(2,3)4;1-3-4-2/h2-14,18H,15-17H2,1H3;1-13H,14-17H2;1-8,17H,9-11H2;6-10H2,1-5H3;7H2,1-6H3;3H2,1-2H3. The first kappa shape index (κ1) is 93.3. The number of aliphatic hydroxyl groups is 1. The molecular weight excluding hydrogens is 1450 g/mol. The predicted octanol–water partition coefficient (Wildman–Crippen LogP) is 15.7. The summed E-state index contributed by atoms with van der Waals surface area (Å²) in [6, 6.07) is 58.2. The lowest BCUT2D eigenvalue weighted by Crippen LogP contribution is -2.47. The van der Waals surface area contributed by atoms with E-state index in [9.17, 15) is 33.6 Å². The fraction of sp³-hybridized carbons (Fsp3) is 0.395. The number of amides is 1. The van der Waals surface area contributed by atoms with Crippen molar-refractivity contribution in [1.29, 1.82) is 0 Å². The van der Waals surface area contributed by atoms with Gasteiger partial charge in [-0.25, -0.2) is 9.59 Å². The molecule has 1 N–H and O–H groups in total. The van der Waals surface area contributed by atoms with Crippen molar-refractivity contribution in [2.75, 3.05) is 73.1 Å². The zero-order valence-corrected chi connectivity index (χ0v) is 68.8. The molecule has 1 atom stereocenters. The van der Waals surface area contributed by atoms with Crippen LogP contribution in [0.3, 0.4) is 0 Å². The first-order valence-corrected chi connectivity index (χ1v) is 42.6. The summed E-state index contributed by atoms with van der Waals surface area (Å²) in [6.07, 6.45) is 3.11. The van der Waals surface area contributed by atoms with Crippen molar-refractivity contribution in [3.05, 3.63) is 252 Å². The van der Waals surface area contributed by atoms with E-state index in [-0.39, 0.29) is 85.0 Å². The highest BCUT2D eigenvalue weighted by molar-refractivity contribution is 6.74. The topological polar surface area (TPSA) is 283 Å². The van der Waals surface area contributed by atoms with Gasteiger partial charge < -0.3 is 61.5 Å². The van der Waals surface area contributed by atoms with Crippen molar-refractivity contribution in [2.24, 2.45) is 0 Å². The number of hydrogen-bond donors (Lipinski definition) is 1. The van der Waals surface area contributed by atoms with Crippen molar-refractivity contribution >= 4 is 58.0 Å². The van der Waals surface area contributed by atoms with Gasteiger partial charge in [-0.05, 0) is 121 Å². The summed E-state index contributed by atoms with van der Waals surface area (Å²) in [4.78, 5) is 96.5. The Morgan fingerprint density at radius 2 is 0.820 bits per heavy atom. The molecule has 0 spiro atoms. The van der Waals surface area contributed by atoms with Gasteiger partial charge in [-0.2, -0.15) is 0 Å². The average Bonchev–Trinajstić information content (AvgIpc) is 0.892. The molecule has 1 saturated heterocycles. The van der Waals surface area contributed by atoms with Crippen LogP contribution in [0.1, 0.15) is 113 Å². The molecule has 1 fully saturated rings. The van der Waals surface area contributed by atoms with Crippen LogP contribution in [0.5, 0.6) is 17.2 Å². The molecular formula is C86H112N4O19Si2. The Morgan fingerprint density at radius 1 is 0.468 bits per heavy atom. The van der Waals surface area contributed by atoms with Gasteiger partial charge in [0, 0.05) is 45.4 Å². The van der Waals surface area contributed by atoms with Gasteiger partial charge in [-0.15, -0.1) is 0 Å². The fourth-order valence-electron chi connectivity index (χ4n) is 8.84. The van der Waals surface area contributed by atoms with Gasteiger partial charge in [0.25, 0.3) is 0 Å². The fourth-order valence-corrected chi connectivity index (χ4v) is 10.8. The van der Waals surface area contributed by atoms with Crippen LogP contribution in [-0.4, -0.2) is 156 Å². The third kappa shape index (κ3) is 37.9. The smallest absolute Gasteiger partial charge is 0.487 e. The number of nitrogens with zero attached hydrogens (tertiary/aromatic N) is 4. The number of ether oxygens (including phenoxy) is 9. The summed E-state index contributed by atoms with van der Waals surface area (Å²) in [7, 11) is -1.82. The van der Waals surface area contributed by atoms with Crippen LogP contribution in [0.2, 0.25) is 36.3 Å². The van der Waals surface area contributed by atoms with Crippen LogP contribution >= 0.6 is 0 Å². The summed E-state index contributed by atoms with van der Waals surface area (Å²) in [5.41, 5.74) is 6.29. The molecule has 1 aliphatic heterocycles. The molecule has 5 aromatic carbocycles. The Labute approximate surface area is 656 Å². The first-order chi connectivity index (χ1) is 52.9. The van der Waals surface area contributed by atoms with Crippen LogP contribution < -0.4 is 14.2 Å². The van der Waals surface area contributed by atoms with Crippen molar-refractivity contribution in [2.45, 2.75) is 150 Å². The van der Waals surface area contributed by atoms with E-state index in [2.05, 4.69) is 87.4 Å². The molecule has 0 saturated carbocycles. The predicted molar refractivity (Wildman–Crippen MR) is 430 cm³/mol. The molecule has 1 unspecified atom stereocenters. The van der Waals surface area contributed by atoms with Gasteiger partial charge >= 0.3 is 12.3 Å². The van der Waals surface area contributed by atoms with E-state index in [4.69, 9.17) is 51.9 Å². The molecule has 8 aromatic rings. The van der Waals surface area contributed by atoms with Gasteiger partial charge in [-0.3, -0.25) is 38.9 Å². The number of morpholine rings is 1. The van der Waals surface area contributed by atoms with Crippen molar-refractivity contribution in [3.63, 3.8) is 0 Å². The van der Waals surface area contributed by atoms with Gasteiger partial charge in [0.15, 0.2) is 53.0 Å². The molecule has 3 aromatic heterocycles. The highest BCUT2D eigenvalue weighted by Crippen LogP contribution is 2.37. The van der Waals surface area contributed by atoms with E-state index in [0.717, 1.165) is 34.4 Å². The number of pyridine rings is 3. The number of aliphatic hydroxyl groups excluding tert-OH is 1. The molecule has 23 nitrogen and oxygen atoms in total. The second-order valence-electron chi connectivity index (χ2n) is 28.4. The molecule has 4 heterocycles. The van der Waals surface area contributed by atoms with E-state index in [1.165, 1.54) is 0 Å². The third-order valence-electron chi connectivity index (χ3n) is 17.5. The highest BCUT2D eigenvalue weighted by Gasteiger charge is 2.39. The van der Waals surface area contributed by atoms with E-state index in [1.54, 1.807) is 75.9 Å². The van der Waals surface area contributed by atoms with Crippen LogP contribution in [0.4, 0.5) is 9.59 Å². The van der Waals surface area contributed by atoms with Crippen LogP contribution in [0.15, 0.2) is 207 Å². The van der Waals surface area contributed by atoms with Crippen LogP contribution in [0, 0.1) is 0 Å². The quantitative estimate of drug-likeness (QED) is 0.0312. The molecule has 0 aliphatic carbocycles. The summed E-state index contributed by atoms with van der Waals surface area (Å²) in [5.74, 6) is 0.360. The number of benzene rings is 5. The number of rotatable bonds is 31. The number of carbonyl (C=O) groups excluding carboxylic acids is 7. The van der Waals surface area contributed by atoms with Gasteiger partial charge in [0.1, 0.15) is 63.5 Å². The average molecular weight is 1560 g/mol. The molecule has 1 aliphatic rings. The number of methoxy groups -OCH3 is 1. The Morgan fingerprint density at radius 3 is 1.20 bits per heavy atom. The minimum atomic E-state index is -1.81. The van der Waals surface area contributed by atoms with E-state index in [1.807, 2.05) is 163 Å². The molecule has 9 rings (SSSR count). The Balaban J connectivity index is 0.000000299. The minimum Gasteiger partial charge on any atom is -0.487 e.